The van der Waals surface area contributed by atoms with E-state index in [0.717, 1.165) is 5.69 Å². The maximum Gasteiger partial charge on any atom is 0.410 e. The Bertz CT molecular complexity index is 807. The number of nitrogens with two attached hydrogens (primary N) is 1. The molecule has 1 aliphatic rings. The molecule has 3 rings (SSSR count). The van der Waals surface area contributed by atoms with Crippen molar-refractivity contribution in [1.29, 1.82) is 0 Å². The van der Waals surface area contributed by atoms with Gasteiger partial charge in [0.15, 0.2) is 0 Å². The van der Waals surface area contributed by atoms with E-state index in [1.165, 1.54) is 0 Å². The maximum atomic E-state index is 12.0. The SMILES string of the molecule is CCOC(=O)N1CCc2nc3ccc(Cl)cc3c(C(N)=O)c2C1. The van der Waals surface area contributed by atoms with Crippen LogP contribution in [0, 0.1) is 0 Å². The molecule has 0 spiro atoms. The van der Waals surface area contributed by atoms with Crippen molar-refractivity contribution in [2.45, 2.75) is 19.9 Å². The van der Waals surface area contributed by atoms with E-state index in [1.807, 2.05) is 0 Å². The first-order valence-corrected chi connectivity index (χ1v) is 7.71. The highest BCUT2D eigenvalue weighted by atomic mass is 35.5. The third kappa shape index (κ3) is 2.82. The monoisotopic (exact) mass is 333 g/mol. The first-order valence-electron chi connectivity index (χ1n) is 7.33. The van der Waals surface area contributed by atoms with Gasteiger partial charge in [-0.25, -0.2) is 4.79 Å². The highest BCUT2D eigenvalue weighted by Gasteiger charge is 2.27. The molecule has 0 bridgehead atoms. The Morgan fingerprint density at radius 1 is 1.43 bits per heavy atom. The lowest BCUT2D eigenvalue weighted by Gasteiger charge is -2.29. The first-order chi connectivity index (χ1) is 11.0. The zero-order valence-electron chi connectivity index (χ0n) is 12.6. The molecule has 2 amide bonds. The second-order valence-corrected chi connectivity index (χ2v) is 5.74. The summed E-state index contributed by atoms with van der Waals surface area (Å²) in [6.45, 7) is 2.80. The van der Waals surface area contributed by atoms with Gasteiger partial charge in [-0.3, -0.25) is 9.78 Å². The summed E-state index contributed by atoms with van der Waals surface area (Å²) in [5.74, 6) is -0.554. The predicted molar refractivity (Wildman–Crippen MR) is 86.4 cm³/mol. The van der Waals surface area contributed by atoms with Crippen molar-refractivity contribution in [3.8, 4) is 0 Å². The van der Waals surface area contributed by atoms with Gasteiger partial charge in [-0.05, 0) is 25.1 Å². The Morgan fingerprint density at radius 3 is 2.91 bits per heavy atom. The molecule has 0 aliphatic carbocycles. The molecule has 0 atom stereocenters. The average molecular weight is 334 g/mol. The summed E-state index contributed by atoms with van der Waals surface area (Å²) in [5.41, 5.74) is 8.10. The molecule has 0 saturated carbocycles. The van der Waals surface area contributed by atoms with E-state index in [-0.39, 0.29) is 6.54 Å². The van der Waals surface area contributed by atoms with Crippen LogP contribution in [0.4, 0.5) is 4.79 Å². The molecule has 7 heteroatoms. The van der Waals surface area contributed by atoms with Crippen molar-refractivity contribution in [2.75, 3.05) is 13.2 Å². The minimum atomic E-state index is -0.554. The van der Waals surface area contributed by atoms with Crippen LogP contribution in [-0.4, -0.2) is 35.0 Å². The number of aromatic nitrogens is 1. The van der Waals surface area contributed by atoms with Gasteiger partial charge in [0, 0.05) is 34.6 Å². The fraction of sp³-hybridized carbons (Fsp3) is 0.312. The van der Waals surface area contributed by atoms with Crippen molar-refractivity contribution in [1.82, 2.24) is 9.88 Å². The smallest absolute Gasteiger partial charge is 0.410 e. The van der Waals surface area contributed by atoms with Crippen LogP contribution >= 0.6 is 11.6 Å². The predicted octanol–water partition coefficient (Wildman–Crippen LogP) is 2.50. The van der Waals surface area contributed by atoms with Gasteiger partial charge in [0.05, 0.1) is 24.2 Å². The Balaban J connectivity index is 2.14. The fourth-order valence-electron chi connectivity index (χ4n) is 2.87. The van der Waals surface area contributed by atoms with Gasteiger partial charge < -0.3 is 15.4 Å². The van der Waals surface area contributed by atoms with Gasteiger partial charge in [-0.1, -0.05) is 11.6 Å². The number of rotatable bonds is 2. The summed E-state index contributed by atoms with van der Waals surface area (Å²) in [4.78, 5) is 30.1. The molecule has 1 aliphatic heterocycles. The second kappa shape index (κ2) is 6.04. The number of benzene rings is 1. The van der Waals surface area contributed by atoms with Crippen LogP contribution in [0.1, 0.15) is 28.5 Å². The van der Waals surface area contributed by atoms with E-state index in [2.05, 4.69) is 4.98 Å². The third-order valence-corrected chi connectivity index (χ3v) is 4.11. The number of carbonyl (C=O) groups is 2. The molecule has 2 aromatic rings. The largest absolute Gasteiger partial charge is 0.450 e. The van der Waals surface area contributed by atoms with E-state index in [4.69, 9.17) is 22.1 Å². The number of hydrogen-bond acceptors (Lipinski definition) is 4. The molecule has 1 aromatic carbocycles. The van der Waals surface area contributed by atoms with Crippen molar-refractivity contribution in [2.24, 2.45) is 5.73 Å². The standard InChI is InChI=1S/C16H16ClN3O3/c1-2-23-16(22)20-6-5-13-11(8-20)14(15(18)21)10-7-9(17)3-4-12(10)19-13/h3-4,7H,2,5-6,8H2,1H3,(H2,18,21). The van der Waals surface area contributed by atoms with Gasteiger partial charge >= 0.3 is 6.09 Å². The van der Waals surface area contributed by atoms with E-state index >= 15 is 0 Å². The first kappa shape index (κ1) is 15.6. The topological polar surface area (TPSA) is 85.5 Å². The van der Waals surface area contributed by atoms with Crippen LogP contribution in [-0.2, 0) is 17.7 Å². The summed E-state index contributed by atoms with van der Waals surface area (Å²) in [6, 6.07) is 5.16. The summed E-state index contributed by atoms with van der Waals surface area (Å²) < 4.78 is 5.03. The molecule has 120 valence electrons. The Morgan fingerprint density at radius 2 is 2.22 bits per heavy atom. The second-order valence-electron chi connectivity index (χ2n) is 5.31. The number of fused-ring (bicyclic) bond motifs is 2. The lowest BCUT2D eigenvalue weighted by molar-refractivity contribution is 0.0973. The number of primary amides is 1. The number of halogens is 1. The van der Waals surface area contributed by atoms with Gasteiger partial charge in [0.25, 0.3) is 0 Å². The fourth-order valence-corrected chi connectivity index (χ4v) is 3.04. The number of amides is 2. The summed E-state index contributed by atoms with van der Waals surface area (Å²) in [5, 5.41) is 1.11. The van der Waals surface area contributed by atoms with Gasteiger partial charge in [-0.15, -0.1) is 0 Å². The van der Waals surface area contributed by atoms with Crippen LogP contribution in [0.2, 0.25) is 5.02 Å². The summed E-state index contributed by atoms with van der Waals surface area (Å²) in [7, 11) is 0. The Hall–Kier alpha value is -2.34. The van der Waals surface area contributed by atoms with Crippen molar-refractivity contribution in [3.05, 3.63) is 40.0 Å². The number of carbonyl (C=O) groups excluding carboxylic acids is 2. The van der Waals surface area contributed by atoms with E-state index in [9.17, 15) is 9.59 Å². The van der Waals surface area contributed by atoms with Crippen molar-refractivity contribution >= 4 is 34.5 Å². The molecule has 2 heterocycles. The molecule has 0 fully saturated rings. The van der Waals surface area contributed by atoms with E-state index < -0.39 is 12.0 Å². The number of hydrogen-bond donors (Lipinski definition) is 1. The van der Waals surface area contributed by atoms with E-state index in [0.29, 0.717) is 46.6 Å². The molecule has 2 N–H and O–H groups in total. The Labute approximate surface area is 138 Å². The number of nitrogens with zero attached hydrogens (tertiary/aromatic N) is 2. The highest BCUT2D eigenvalue weighted by molar-refractivity contribution is 6.31. The van der Waals surface area contributed by atoms with E-state index in [1.54, 1.807) is 30.0 Å². The van der Waals surface area contributed by atoms with Crippen LogP contribution < -0.4 is 5.73 Å². The minimum absolute atomic E-state index is 0.252. The molecular weight excluding hydrogens is 318 g/mol. The highest BCUT2D eigenvalue weighted by Crippen LogP contribution is 2.29. The zero-order chi connectivity index (χ0) is 16.6. The van der Waals surface area contributed by atoms with Crippen molar-refractivity contribution in [3.63, 3.8) is 0 Å². The van der Waals surface area contributed by atoms with Gasteiger partial charge in [0.1, 0.15) is 0 Å². The van der Waals surface area contributed by atoms with Gasteiger partial charge in [0.2, 0.25) is 5.91 Å². The average Bonchev–Trinajstić information content (AvgIpc) is 2.52. The number of pyridine rings is 1. The zero-order valence-corrected chi connectivity index (χ0v) is 13.4. The quantitative estimate of drug-likeness (QED) is 0.915. The maximum absolute atomic E-state index is 12.0. The van der Waals surface area contributed by atoms with Crippen LogP contribution in [0.15, 0.2) is 18.2 Å². The van der Waals surface area contributed by atoms with Crippen molar-refractivity contribution < 1.29 is 14.3 Å². The van der Waals surface area contributed by atoms with Crippen LogP contribution in [0.5, 0.6) is 0 Å². The molecule has 0 radical (unpaired) electrons. The summed E-state index contributed by atoms with van der Waals surface area (Å²) >= 11 is 6.03. The lowest BCUT2D eigenvalue weighted by Crippen LogP contribution is -2.38. The normalized spacial score (nSPS) is 13.7. The molecule has 0 saturated heterocycles. The Kier molecular flexibility index (Phi) is 4.09. The van der Waals surface area contributed by atoms with Gasteiger partial charge in [-0.2, -0.15) is 0 Å². The molecular formula is C16H16ClN3O3. The minimum Gasteiger partial charge on any atom is -0.450 e. The number of ether oxygens (including phenoxy) is 1. The van der Waals surface area contributed by atoms with Crippen LogP contribution in [0.3, 0.4) is 0 Å². The van der Waals surface area contributed by atoms with Crippen LogP contribution in [0.25, 0.3) is 10.9 Å². The molecule has 1 aromatic heterocycles. The lowest BCUT2D eigenvalue weighted by atomic mass is 9.95. The third-order valence-electron chi connectivity index (χ3n) is 3.87. The molecule has 23 heavy (non-hydrogen) atoms. The molecule has 6 nitrogen and oxygen atoms in total. The summed E-state index contributed by atoms with van der Waals surface area (Å²) in [6.07, 6.45) is 0.146. The molecule has 0 unspecified atom stereocenters.